The zero-order valence-electron chi connectivity index (χ0n) is 9.73. The third-order valence-electron chi connectivity index (χ3n) is 2.26. The van der Waals surface area contributed by atoms with Gasteiger partial charge in [-0.25, -0.2) is 4.79 Å². The molecule has 1 rings (SSSR count). The molecule has 1 aromatic heterocycles. The van der Waals surface area contributed by atoms with Gasteiger partial charge in [-0.2, -0.15) is 0 Å². The Morgan fingerprint density at radius 3 is 2.88 bits per heavy atom. The molecule has 1 aromatic rings. The first-order chi connectivity index (χ1) is 7.69. The van der Waals surface area contributed by atoms with Crippen molar-refractivity contribution in [2.75, 3.05) is 6.61 Å². The summed E-state index contributed by atoms with van der Waals surface area (Å²) in [6.45, 7) is 4.25. The molecule has 0 bridgehead atoms. The number of ether oxygens (including phenoxy) is 1. The maximum atomic E-state index is 11.4. The van der Waals surface area contributed by atoms with Crippen molar-refractivity contribution in [1.29, 1.82) is 0 Å². The summed E-state index contributed by atoms with van der Waals surface area (Å²) in [6.07, 6.45) is 2.35. The van der Waals surface area contributed by atoms with E-state index in [1.165, 1.54) is 11.3 Å². The van der Waals surface area contributed by atoms with Crippen molar-refractivity contribution in [3.8, 4) is 0 Å². The Morgan fingerprint density at radius 1 is 1.50 bits per heavy atom. The summed E-state index contributed by atoms with van der Waals surface area (Å²) < 4.78 is 4.89. The van der Waals surface area contributed by atoms with Crippen LogP contribution in [0.5, 0.6) is 0 Å². The van der Waals surface area contributed by atoms with Crippen molar-refractivity contribution in [3.63, 3.8) is 0 Å². The maximum absolute atomic E-state index is 11.4. The van der Waals surface area contributed by atoms with Crippen molar-refractivity contribution in [3.05, 3.63) is 21.9 Å². The van der Waals surface area contributed by atoms with E-state index in [1.54, 1.807) is 19.1 Å². The molecule has 0 aliphatic heterocycles. The van der Waals surface area contributed by atoms with Crippen molar-refractivity contribution in [2.45, 2.75) is 39.2 Å². The lowest BCUT2D eigenvalue weighted by Gasteiger charge is -2.06. The van der Waals surface area contributed by atoms with Crippen molar-refractivity contribution in [1.82, 2.24) is 0 Å². The van der Waals surface area contributed by atoms with Crippen LogP contribution < -0.4 is 0 Å². The average Bonchev–Trinajstić information content (AvgIpc) is 2.75. The van der Waals surface area contributed by atoms with Crippen molar-refractivity contribution >= 4 is 17.3 Å². The summed E-state index contributed by atoms with van der Waals surface area (Å²) in [5.74, 6) is -0.304. The van der Waals surface area contributed by atoms with Crippen molar-refractivity contribution < 1.29 is 14.6 Å². The highest BCUT2D eigenvalue weighted by Gasteiger charge is 2.14. The molecule has 1 unspecified atom stereocenters. The van der Waals surface area contributed by atoms with Crippen LogP contribution >= 0.6 is 11.3 Å². The Labute approximate surface area is 100 Å². The summed E-state index contributed by atoms with van der Waals surface area (Å²) in [6, 6.07) is 3.52. The van der Waals surface area contributed by atoms with Gasteiger partial charge in [0, 0.05) is 4.88 Å². The van der Waals surface area contributed by atoms with Crippen molar-refractivity contribution in [2.24, 2.45) is 0 Å². The van der Waals surface area contributed by atoms with Gasteiger partial charge in [-0.3, -0.25) is 0 Å². The number of thiophene rings is 1. The third kappa shape index (κ3) is 3.61. The largest absolute Gasteiger partial charge is 0.462 e. The molecule has 3 nitrogen and oxygen atoms in total. The quantitative estimate of drug-likeness (QED) is 0.779. The van der Waals surface area contributed by atoms with E-state index in [-0.39, 0.29) is 5.97 Å². The van der Waals surface area contributed by atoms with Crippen LogP contribution in [0.15, 0.2) is 12.1 Å². The number of carbonyl (C=O) groups is 1. The first kappa shape index (κ1) is 13.2. The minimum atomic E-state index is -0.451. The predicted molar refractivity (Wildman–Crippen MR) is 64.8 cm³/mol. The zero-order chi connectivity index (χ0) is 12.0. The third-order valence-corrected chi connectivity index (χ3v) is 3.43. The Hall–Kier alpha value is -0.870. The van der Waals surface area contributed by atoms with Crippen LogP contribution in [0, 0.1) is 0 Å². The average molecular weight is 242 g/mol. The number of carbonyl (C=O) groups excluding carboxylic acids is 1. The van der Waals surface area contributed by atoms with Gasteiger partial charge in [-0.05, 0) is 25.5 Å². The Balaban J connectivity index is 2.59. The first-order valence-corrected chi connectivity index (χ1v) is 6.45. The fourth-order valence-electron chi connectivity index (χ4n) is 1.38. The smallest absolute Gasteiger partial charge is 0.348 e. The molecular formula is C12H18O3S. The normalized spacial score (nSPS) is 12.4. The molecule has 0 aliphatic rings. The Kier molecular flexibility index (Phi) is 5.49. The fraction of sp³-hybridized carbons (Fsp3) is 0.583. The van der Waals surface area contributed by atoms with E-state index < -0.39 is 6.10 Å². The number of aliphatic hydroxyl groups excluding tert-OH is 1. The number of hydrogen-bond donors (Lipinski definition) is 1. The molecule has 16 heavy (non-hydrogen) atoms. The summed E-state index contributed by atoms with van der Waals surface area (Å²) in [5, 5.41) is 9.83. The Bertz CT molecular complexity index is 333. The number of hydrogen-bond acceptors (Lipinski definition) is 4. The van der Waals surface area contributed by atoms with Crippen LogP contribution in [0.4, 0.5) is 0 Å². The van der Waals surface area contributed by atoms with Crippen LogP contribution in [0.2, 0.25) is 0 Å². The molecule has 0 fully saturated rings. The van der Waals surface area contributed by atoms with Crippen LogP contribution in [0.25, 0.3) is 0 Å². The monoisotopic (exact) mass is 242 g/mol. The number of rotatable bonds is 6. The second kappa shape index (κ2) is 6.66. The van der Waals surface area contributed by atoms with E-state index in [0.717, 1.165) is 24.1 Å². The highest BCUT2D eigenvalue weighted by atomic mass is 32.1. The number of esters is 1. The van der Waals surface area contributed by atoms with E-state index in [2.05, 4.69) is 6.92 Å². The first-order valence-electron chi connectivity index (χ1n) is 5.64. The van der Waals surface area contributed by atoms with Gasteiger partial charge < -0.3 is 9.84 Å². The van der Waals surface area contributed by atoms with E-state index in [4.69, 9.17) is 4.74 Å². The molecule has 0 radical (unpaired) electrons. The molecule has 0 saturated heterocycles. The standard InChI is InChI=1S/C12H18O3S/c1-3-5-6-9(13)10-7-8-11(16-10)12(14)15-4-2/h7-9,13H,3-6H2,1-2H3. The fourth-order valence-corrected chi connectivity index (χ4v) is 2.31. The minimum Gasteiger partial charge on any atom is -0.462 e. The van der Waals surface area contributed by atoms with E-state index >= 15 is 0 Å². The summed E-state index contributed by atoms with van der Waals surface area (Å²) in [5.41, 5.74) is 0. The summed E-state index contributed by atoms with van der Waals surface area (Å²) >= 11 is 1.31. The van der Waals surface area contributed by atoms with E-state index in [9.17, 15) is 9.90 Å². The second-order valence-corrected chi connectivity index (χ2v) is 4.70. The summed E-state index contributed by atoms with van der Waals surface area (Å²) in [4.78, 5) is 12.8. The topological polar surface area (TPSA) is 46.5 Å². The molecule has 90 valence electrons. The van der Waals surface area contributed by atoms with Crippen LogP contribution in [0.1, 0.15) is 53.8 Å². The van der Waals surface area contributed by atoms with E-state index in [0.29, 0.717) is 11.5 Å². The predicted octanol–water partition coefficient (Wildman–Crippen LogP) is 3.15. The lowest BCUT2D eigenvalue weighted by molar-refractivity contribution is 0.0532. The SMILES string of the molecule is CCCCC(O)c1ccc(C(=O)OCC)s1. The lowest BCUT2D eigenvalue weighted by atomic mass is 10.1. The molecule has 0 saturated carbocycles. The maximum Gasteiger partial charge on any atom is 0.348 e. The molecular weight excluding hydrogens is 224 g/mol. The van der Waals surface area contributed by atoms with Gasteiger partial charge in [0.05, 0.1) is 12.7 Å². The molecule has 0 amide bonds. The highest BCUT2D eigenvalue weighted by molar-refractivity contribution is 7.14. The lowest BCUT2D eigenvalue weighted by Crippen LogP contribution is -2.01. The molecule has 4 heteroatoms. The minimum absolute atomic E-state index is 0.304. The molecule has 0 aromatic carbocycles. The van der Waals surface area contributed by atoms with E-state index in [1.807, 2.05) is 0 Å². The van der Waals surface area contributed by atoms with Gasteiger partial charge in [0.2, 0.25) is 0 Å². The van der Waals surface area contributed by atoms with Gasteiger partial charge >= 0.3 is 5.97 Å². The molecule has 1 N–H and O–H groups in total. The molecule has 1 atom stereocenters. The van der Waals surface area contributed by atoms with Gasteiger partial charge in [0.25, 0.3) is 0 Å². The van der Waals surface area contributed by atoms with Crippen LogP contribution in [-0.2, 0) is 4.74 Å². The van der Waals surface area contributed by atoms with Crippen LogP contribution in [0.3, 0.4) is 0 Å². The highest BCUT2D eigenvalue weighted by Crippen LogP contribution is 2.27. The van der Waals surface area contributed by atoms with Crippen LogP contribution in [-0.4, -0.2) is 17.7 Å². The Morgan fingerprint density at radius 2 is 2.25 bits per heavy atom. The van der Waals surface area contributed by atoms with Gasteiger partial charge in [-0.15, -0.1) is 11.3 Å². The van der Waals surface area contributed by atoms with Gasteiger partial charge in [-0.1, -0.05) is 19.8 Å². The van der Waals surface area contributed by atoms with Gasteiger partial charge in [0.1, 0.15) is 4.88 Å². The number of unbranched alkanes of at least 4 members (excludes halogenated alkanes) is 1. The number of aliphatic hydroxyl groups is 1. The molecule has 0 aliphatic carbocycles. The zero-order valence-corrected chi connectivity index (χ0v) is 10.5. The summed E-state index contributed by atoms with van der Waals surface area (Å²) in [7, 11) is 0. The second-order valence-electron chi connectivity index (χ2n) is 3.58. The van der Waals surface area contributed by atoms with Gasteiger partial charge in [0.15, 0.2) is 0 Å². The molecule has 0 spiro atoms. The molecule has 1 heterocycles.